The molecule has 18 heavy (non-hydrogen) atoms. The van der Waals surface area contributed by atoms with Crippen LogP contribution in [0.5, 0.6) is 0 Å². The predicted molar refractivity (Wildman–Crippen MR) is 70.9 cm³/mol. The Morgan fingerprint density at radius 3 is 2.56 bits per heavy atom. The van der Waals surface area contributed by atoms with Gasteiger partial charge in [0.05, 0.1) is 5.60 Å². The Bertz CT molecular complexity index is 294. The summed E-state index contributed by atoms with van der Waals surface area (Å²) in [5, 5.41) is 9.92. The summed E-state index contributed by atoms with van der Waals surface area (Å²) in [4.78, 5) is 14.5. The molecular formula is C14H26N2O2. The van der Waals surface area contributed by atoms with Crippen LogP contribution in [0.2, 0.25) is 0 Å². The van der Waals surface area contributed by atoms with E-state index in [9.17, 15) is 9.90 Å². The molecule has 2 fully saturated rings. The van der Waals surface area contributed by atoms with E-state index in [1.807, 2.05) is 11.8 Å². The van der Waals surface area contributed by atoms with E-state index in [-0.39, 0.29) is 11.8 Å². The van der Waals surface area contributed by atoms with Crippen molar-refractivity contribution in [3.05, 3.63) is 0 Å². The molecule has 1 saturated heterocycles. The van der Waals surface area contributed by atoms with Crippen molar-refractivity contribution in [2.24, 2.45) is 17.6 Å². The lowest BCUT2D eigenvalue weighted by molar-refractivity contribution is -0.142. The SMILES string of the molecule is CC1(O)CCN(C(=O)C2CCCCC2CN)CC1. The topological polar surface area (TPSA) is 66.6 Å². The molecule has 104 valence electrons. The Balaban J connectivity index is 1.94. The molecule has 0 spiro atoms. The predicted octanol–water partition coefficient (Wildman–Crippen LogP) is 1.12. The van der Waals surface area contributed by atoms with E-state index in [0.717, 1.165) is 19.3 Å². The van der Waals surface area contributed by atoms with Crippen LogP contribution in [0.15, 0.2) is 0 Å². The normalized spacial score (nSPS) is 32.3. The number of nitrogens with two attached hydrogens (primary N) is 1. The number of aliphatic hydroxyl groups is 1. The molecule has 1 aliphatic carbocycles. The second-order valence-electron chi connectivity index (χ2n) is 6.21. The van der Waals surface area contributed by atoms with Gasteiger partial charge in [0, 0.05) is 19.0 Å². The molecule has 0 aromatic heterocycles. The Hall–Kier alpha value is -0.610. The van der Waals surface area contributed by atoms with Gasteiger partial charge in [-0.25, -0.2) is 0 Å². The van der Waals surface area contributed by atoms with Crippen molar-refractivity contribution >= 4 is 5.91 Å². The molecule has 0 aromatic rings. The first-order chi connectivity index (χ1) is 8.53. The van der Waals surface area contributed by atoms with E-state index < -0.39 is 5.60 Å². The highest BCUT2D eigenvalue weighted by atomic mass is 16.3. The first-order valence-electron chi connectivity index (χ1n) is 7.25. The number of carbonyl (C=O) groups is 1. The maximum Gasteiger partial charge on any atom is 0.226 e. The average molecular weight is 254 g/mol. The van der Waals surface area contributed by atoms with Gasteiger partial charge >= 0.3 is 0 Å². The third-order valence-corrected chi connectivity index (χ3v) is 4.68. The third-order valence-electron chi connectivity index (χ3n) is 4.68. The first-order valence-corrected chi connectivity index (χ1v) is 7.25. The number of carbonyl (C=O) groups excluding carboxylic acids is 1. The zero-order valence-corrected chi connectivity index (χ0v) is 11.4. The van der Waals surface area contributed by atoms with Gasteiger partial charge in [0.25, 0.3) is 0 Å². The molecular weight excluding hydrogens is 228 g/mol. The fourth-order valence-electron chi connectivity index (χ4n) is 3.26. The van der Waals surface area contributed by atoms with E-state index in [4.69, 9.17) is 5.73 Å². The second-order valence-corrected chi connectivity index (χ2v) is 6.21. The van der Waals surface area contributed by atoms with Crippen LogP contribution in [-0.4, -0.2) is 41.1 Å². The molecule has 1 amide bonds. The largest absolute Gasteiger partial charge is 0.390 e. The van der Waals surface area contributed by atoms with E-state index in [1.165, 1.54) is 6.42 Å². The minimum atomic E-state index is -0.587. The van der Waals surface area contributed by atoms with Gasteiger partial charge in [-0.3, -0.25) is 4.79 Å². The molecule has 0 bridgehead atoms. The number of piperidine rings is 1. The van der Waals surface area contributed by atoms with Gasteiger partial charge in [-0.15, -0.1) is 0 Å². The van der Waals surface area contributed by atoms with Crippen molar-refractivity contribution in [3.8, 4) is 0 Å². The number of amides is 1. The maximum absolute atomic E-state index is 12.5. The number of nitrogens with zero attached hydrogens (tertiary/aromatic N) is 1. The van der Waals surface area contributed by atoms with Crippen molar-refractivity contribution in [2.75, 3.05) is 19.6 Å². The van der Waals surface area contributed by atoms with Gasteiger partial charge in [-0.05, 0) is 45.1 Å². The van der Waals surface area contributed by atoms with Crippen LogP contribution >= 0.6 is 0 Å². The Morgan fingerprint density at radius 2 is 1.94 bits per heavy atom. The van der Waals surface area contributed by atoms with Gasteiger partial charge in [0.1, 0.15) is 0 Å². The van der Waals surface area contributed by atoms with Crippen LogP contribution in [0.1, 0.15) is 45.4 Å². The summed E-state index contributed by atoms with van der Waals surface area (Å²) < 4.78 is 0. The summed E-state index contributed by atoms with van der Waals surface area (Å²) in [6, 6.07) is 0. The summed E-state index contributed by atoms with van der Waals surface area (Å²) in [5.74, 6) is 0.779. The third kappa shape index (κ3) is 3.04. The standard InChI is InChI=1S/C14H26N2O2/c1-14(18)6-8-16(9-7-14)13(17)12-5-3-2-4-11(12)10-15/h11-12,18H,2-10,15H2,1H3. The minimum Gasteiger partial charge on any atom is -0.390 e. The molecule has 2 aliphatic rings. The summed E-state index contributed by atoms with van der Waals surface area (Å²) >= 11 is 0. The van der Waals surface area contributed by atoms with Crippen molar-refractivity contribution in [1.82, 2.24) is 4.90 Å². The van der Waals surface area contributed by atoms with Crippen molar-refractivity contribution in [2.45, 2.75) is 51.0 Å². The summed E-state index contributed by atoms with van der Waals surface area (Å²) in [6.45, 7) is 3.87. The lowest BCUT2D eigenvalue weighted by Gasteiger charge is -2.39. The number of rotatable bonds is 2. The van der Waals surface area contributed by atoms with Crippen molar-refractivity contribution in [1.29, 1.82) is 0 Å². The van der Waals surface area contributed by atoms with Crippen LogP contribution in [0.4, 0.5) is 0 Å². The molecule has 1 aliphatic heterocycles. The molecule has 1 saturated carbocycles. The van der Waals surface area contributed by atoms with E-state index >= 15 is 0 Å². The summed E-state index contributed by atoms with van der Waals surface area (Å²) in [5.41, 5.74) is 5.21. The maximum atomic E-state index is 12.5. The molecule has 2 unspecified atom stereocenters. The zero-order chi connectivity index (χ0) is 13.2. The van der Waals surface area contributed by atoms with Gasteiger partial charge in [-0.2, -0.15) is 0 Å². The molecule has 4 heteroatoms. The fraction of sp³-hybridized carbons (Fsp3) is 0.929. The van der Waals surface area contributed by atoms with Crippen molar-refractivity contribution in [3.63, 3.8) is 0 Å². The highest BCUT2D eigenvalue weighted by Crippen LogP contribution is 2.32. The quantitative estimate of drug-likeness (QED) is 0.776. The van der Waals surface area contributed by atoms with Gasteiger partial charge in [-0.1, -0.05) is 12.8 Å². The van der Waals surface area contributed by atoms with Gasteiger partial charge < -0.3 is 15.7 Å². The van der Waals surface area contributed by atoms with Crippen LogP contribution in [0.25, 0.3) is 0 Å². The molecule has 2 rings (SSSR count). The van der Waals surface area contributed by atoms with Gasteiger partial charge in [0.2, 0.25) is 5.91 Å². The van der Waals surface area contributed by atoms with Crippen LogP contribution in [0, 0.1) is 11.8 Å². The lowest BCUT2D eigenvalue weighted by atomic mass is 9.78. The zero-order valence-electron chi connectivity index (χ0n) is 11.4. The average Bonchev–Trinajstić information content (AvgIpc) is 2.38. The smallest absolute Gasteiger partial charge is 0.226 e. The Morgan fingerprint density at radius 1 is 1.33 bits per heavy atom. The van der Waals surface area contributed by atoms with Crippen molar-refractivity contribution < 1.29 is 9.90 Å². The molecule has 4 nitrogen and oxygen atoms in total. The fourth-order valence-corrected chi connectivity index (χ4v) is 3.26. The van der Waals surface area contributed by atoms with Crippen LogP contribution in [0.3, 0.4) is 0 Å². The molecule has 2 atom stereocenters. The number of hydrogen-bond donors (Lipinski definition) is 2. The molecule has 3 N–H and O–H groups in total. The Labute approximate surface area is 110 Å². The highest BCUT2D eigenvalue weighted by molar-refractivity contribution is 5.79. The first kappa shape index (κ1) is 13.8. The summed E-state index contributed by atoms with van der Waals surface area (Å²) in [7, 11) is 0. The number of likely N-dealkylation sites (tertiary alicyclic amines) is 1. The van der Waals surface area contributed by atoms with E-state index in [0.29, 0.717) is 38.4 Å². The summed E-state index contributed by atoms with van der Waals surface area (Å²) in [6.07, 6.45) is 5.84. The van der Waals surface area contributed by atoms with E-state index in [1.54, 1.807) is 0 Å². The molecule has 1 heterocycles. The lowest BCUT2D eigenvalue weighted by Crippen LogP contribution is -2.49. The second kappa shape index (κ2) is 5.57. The van der Waals surface area contributed by atoms with Crippen LogP contribution < -0.4 is 5.73 Å². The highest BCUT2D eigenvalue weighted by Gasteiger charge is 2.36. The van der Waals surface area contributed by atoms with Crippen LogP contribution in [-0.2, 0) is 4.79 Å². The number of hydrogen-bond acceptors (Lipinski definition) is 3. The molecule has 0 radical (unpaired) electrons. The monoisotopic (exact) mass is 254 g/mol. The van der Waals surface area contributed by atoms with E-state index in [2.05, 4.69) is 0 Å². The molecule has 0 aromatic carbocycles. The van der Waals surface area contributed by atoms with Gasteiger partial charge in [0.15, 0.2) is 0 Å². The minimum absolute atomic E-state index is 0.131. The Kier molecular flexibility index (Phi) is 4.28.